The fourth-order valence-corrected chi connectivity index (χ4v) is 4.00. The van der Waals surface area contributed by atoms with Crippen LogP contribution in [-0.4, -0.2) is 54.0 Å². The van der Waals surface area contributed by atoms with E-state index in [1.54, 1.807) is 11.3 Å². The van der Waals surface area contributed by atoms with Gasteiger partial charge in [-0.05, 0) is 35.4 Å². The highest BCUT2D eigenvalue weighted by Gasteiger charge is 2.45. The molecule has 0 radical (unpaired) electrons. The lowest BCUT2D eigenvalue weighted by molar-refractivity contribution is -0.128. The van der Waals surface area contributed by atoms with Crippen LogP contribution in [-0.2, 0) is 11.3 Å². The molecule has 4 nitrogen and oxygen atoms in total. The first-order valence-corrected chi connectivity index (χ1v) is 7.91. The van der Waals surface area contributed by atoms with Crippen LogP contribution in [0.3, 0.4) is 0 Å². The van der Waals surface area contributed by atoms with Gasteiger partial charge in [-0.3, -0.25) is 14.6 Å². The standard InChI is InChI=1S/C14H21N3OS/c1-2-17-8-13(18)15-10-14(17)4-5-16(11-14)7-12-3-6-19-9-12/h3,6,9H,2,4-5,7-8,10-11H2,1H3,(H,15,18). The third kappa shape index (κ3) is 2.55. The molecular formula is C14H21N3OS. The molecule has 0 aromatic carbocycles. The SMILES string of the molecule is CCN1CC(=O)NCC12CCN(Cc1ccsc1)C2. The summed E-state index contributed by atoms with van der Waals surface area (Å²) in [4.78, 5) is 16.4. The number of amides is 1. The van der Waals surface area contributed by atoms with Crippen LogP contribution in [0.1, 0.15) is 18.9 Å². The van der Waals surface area contributed by atoms with E-state index in [0.717, 1.165) is 39.1 Å². The molecule has 1 aromatic heterocycles. The third-order valence-corrected chi connectivity index (χ3v) is 5.13. The zero-order chi connectivity index (χ0) is 13.3. The maximum atomic E-state index is 11.5. The second-order valence-electron chi connectivity index (χ2n) is 5.61. The summed E-state index contributed by atoms with van der Waals surface area (Å²) in [5.41, 5.74) is 1.57. The molecule has 1 amide bonds. The van der Waals surface area contributed by atoms with E-state index in [4.69, 9.17) is 0 Å². The van der Waals surface area contributed by atoms with Crippen LogP contribution in [0.25, 0.3) is 0 Å². The van der Waals surface area contributed by atoms with Crippen LogP contribution in [0.4, 0.5) is 0 Å². The number of nitrogens with zero attached hydrogens (tertiary/aromatic N) is 2. The van der Waals surface area contributed by atoms with Gasteiger partial charge in [0.05, 0.1) is 12.1 Å². The van der Waals surface area contributed by atoms with Gasteiger partial charge in [0, 0.05) is 26.2 Å². The van der Waals surface area contributed by atoms with Gasteiger partial charge in [-0.2, -0.15) is 11.3 Å². The van der Waals surface area contributed by atoms with E-state index in [9.17, 15) is 4.79 Å². The summed E-state index contributed by atoms with van der Waals surface area (Å²) in [6, 6.07) is 2.20. The lowest BCUT2D eigenvalue weighted by atomic mass is 9.93. The Hall–Kier alpha value is -0.910. The molecule has 0 bridgehead atoms. The first kappa shape index (κ1) is 13.1. The highest BCUT2D eigenvalue weighted by atomic mass is 32.1. The zero-order valence-electron chi connectivity index (χ0n) is 11.4. The molecule has 0 saturated carbocycles. The molecule has 2 aliphatic rings. The van der Waals surface area contributed by atoms with Crippen molar-refractivity contribution in [1.82, 2.24) is 15.1 Å². The Kier molecular flexibility index (Phi) is 3.60. The van der Waals surface area contributed by atoms with Gasteiger partial charge < -0.3 is 5.32 Å². The average Bonchev–Trinajstić information content (AvgIpc) is 3.04. The fourth-order valence-electron chi connectivity index (χ4n) is 3.34. The zero-order valence-corrected chi connectivity index (χ0v) is 12.2. The number of carbonyl (C=O) groups is 1. The number of carbonyl (C=O) groups excluding carboxylic acids is 1. The maximum Gasteiger partial charge on any atom is 0.234 e. The van der Waals surface area contributed by atoms with Crippen LogP contribution < -0.4 is 5.32 Å². The largest absolute Gasteiger partial charge is 0.353 e. The van der Waals surface area contributed by atoms with Crippen LogP contribution >= 0.6 is 11.3 Å². The molecule has 1 N–H and O–H groups in total. The van der Waals surface area contributed by atoms with E-state index < -0.39 is 0 Å². The Morgan fingerprint density at radius 1 is 1.53 bits per heavy atom. The molecule has 1 unspecified atom stereocenters. The van der Waals surface area contributed by atoms with Gasteiger partial charge in [0.2, 0.25) is 5.91 Å². The average molecular weight is 279 g/mol. The first-order valence-electron chi connectivity index (χ1n) is 6.97. The number of nitrogens with one attached hydrogen (secondary N) is 1. The van der Waals surface area contributed by atoms with Crippen molar-refractivity contribution in [2.24, 2.45) is 0 Å². The molecule has 2 fully saturated rings. The predicted octanol–water partition coefficient (Wildman–Crippen LogP) is 1.14. The Balaban J connectivity index is 1.67. The molecule has 104 valence electrons. The highest BCUT2D eigenvalue weighted by Crippen LogP contribution is 2.30. The molecule has 1 aromatic rings. The van der Waals surface area contributed by atoms with E-state index in [-0.39, 0.29) is 11.4 Å². The number of rotatable bonds is 3. The molecule has 2 aliphatic heterocycles. The Labute approximate surface area is 118 Å². The van der Waals surface area contributed by atoms with E-state index in [0.29, 0.717) is 6.54 Å². The number of piperazine rings is 1. The molecule has 1 spiro atoms. The van der Waals surface area contributed by atoms with Crippen molar-refractivity contribution in [2.75, 3.05) is 32.7 Å². The van der Waals surface area contributed by atoms with Gasteiger partial charge in [0.1, 0.15) is 0 Å². The fraction of sp³-hybridized carbons (Fsp3) is 0.643. The number of thiophene rings is 1. The Morgan fingerprint density at radius 3 is 3.16 bits per heavy atom. The van der Waals surface area contributed by atoms with Crippen molar-refractivity contribution >= 4 is 17.2 Å². The number of hydrogen-bond donors (Lipinski definition) is 1. The van der Waals surface area contributed by atoms with Crippen molar-refractivity contribution in [1.29, 1.82) is 0 Å². The van der Waals surface area contributed by atoms with Gasteiger partial charge in [0.25, 0.3) is 0 Å². The summed E-state index contributed by atoms with van der Waals surface area (Å²) in [6.07, 6.45) is 1.16. The Bertz CT molecular complexity index is 448. The molecular weight excluding hydrogens is 258 g/mol. The molecule has 0 aliphatic carbocycles. The van der Waals surface area contributed by atoms with Crippen LogP contribution in [0, 0.1) is 0 Å². The smallest absolute Gasteiger partial charge is 0.234 e. The van der Waals surface area contributed by atoms with Gasteiger partial charge >= 0.3 is 0 Å². The minimum absolute atomic E-state index is 0.165. The highest BCUT2D eigenvalue weighted by molar-refractivity contribution is 7.07. The summed E-state index contributed by atoms with van der Waals surface area (Å²) in [5, 5.41) is 7.42. The van der Waals surface area contributed by atoms with E-state index in [1.807, 2.05) is 0 Å². The van der Waals surface area contributed by atoms with Gasteiger partial charge in [0.15, 0.2) is 0 Å². The number of likely N-dealkylation sites (N-methyl/N-ethyl adjacent to an activating group) is 1. The minimum atomic E-state index is 0.165. The van der Waals surface area contributed by atoms with Crippen molar-refractivity contribution in [2.45, 2.75) is 25.4 Å². The van der Waals surface area contributed by atoms with E-state index >= 15 is 0 Å². The quantitative estimate of drug-likeness (QED) is 0.901. The Morgan fingerprint density at radius 2 is 2.42 bits per heavy atom. The van der Waals surface area contributed by atoms with Crippen molar-refractivity contribution in [3.63, 3.8) is 0 Å². The maximum absolute atomic E-state index is 11.5. The summed E-state index contributed by atoms with van der Waals surface area (Å²) in [7, 11) is 0. The van der Waals surface area contributed by atoms with E-state index in [2.05, 4.69) is 38.9 Å². The number of likely N-dealkylation sites (tertiary alicyclic amines) is 1. The lowest BCUT2D eigenvalue weighted by Gasteiger charge is -2.44. The molecule has 3 rings (SSSR count). The summed E-state index contributed by atoms with van der Waals surface area (Å²) in [5.74, 6) is 0.170. The summed E-state index contributed by atoms with van der Waals surface area (Å²) >= 11 is 1.76. The predicted molar refractivity (Wildman–Crippen MR) is 77.2 cm³/mol. The number of hydrogen-bond acceptors (Lipinski definition) is 4. The monoisotopic (exact) mass is 279 g/mol. The topological polar surface area (TPSA) is 35.6 Å². The molecule has 1 atom stereocenters. The third-order valence-electron chi connectivity index (χ3n) is 4.40. The summed E-state index contributed by atoms with van der Waals surface area (Å²) < 4.78 is 0. The van der Waals surface area contributed by atoms with Crippen molar-refractivity contribution in [3.05, 3.63) is 22.4 Å². The van der Waals surface area contributed by atoms with Gasteiger partial charge in [-0.25, -0.2) is 0 Å². The summed E-state index contributed by atoms with van der Waals surface area (Å²) in [6.45, 7) is 7.71. The van der Waals surface area contributed by atoms with Crippen LogP contribution in [0.2, 0.25) is 0 Å². The minimum Gasteiger partial charge on any atom is -0.353 e. The van der Waals surface area contributed by atoms with Crippen molar-refractivity contribution in [3.8, 4) is 0 Å². The van der Waals surface area contributed by atoms with E-state index in [1.165, 1.54) is 5.56 Å². The second-order valence-corrected chi connectivity index (χ2v) is 6.39. The second kappa shape index (κ2) is 5.23. The molecule has 5 heteroatoms. The van der Waals surface area contributed by atoms with Gasteiger partial charge in [-0.15, -0.1) is 0 Å². The molecule has 19 heavy (non-hydrogen) atoms. The molecule has 2 saturated heterocycles. The lowest BCUT2D eigenvalue weighted by Crippen LogP contribution is -2.64. The van der Waals surface area contributed by atoms with Gasteiger partial charge in [-0.1, -0.05) is 6.92 Å². The molecule has 3 heterocycles. The normalized spacial score (nSPS) is 29.0. The first-order chi connectivity index (χ1) is 9.22. The van der Waals surface area contributed by atoms with Crippen LogP contribution in [0.5, 0.6) is 0 Å². The van der Waals surface area contributed by atoms with Crippen molar-refractivity contribution < 1.29 is 4.79 Å². The van der Waals surface area contributed by atoms with Crippen LogP contribution in [0.15, 0.2) is 16.8 Å².